The van der Waals surface area contributed by atoms with E-state index in [9.17, 15) is 0 Å². The van der Waals surface area contributed by atoms with Gasteiger partial charge in [0.1, 0.15) is 0 Å². The number of aliphatic hydroxyl groups excluding tert-OH is 2. The molecule has 0 bridgehead atoms. The fourth-order valence-electron chi connectivity index (χ4n) is 0.258. The van der Waals surface area contributed by atoms with Crippen molar-refractivity contribution >= 4 is 0 Å². The molecule has 0 rings (SSSR count). The summed E-state index contributed by atoms with van der Waals surface area (Å²) in [6, 6.07) is 0. The predicted octanol–water partition coefficient (Wildman–Crippen LogP) is 1.02. The summed E-state index contributed by atoms with van der Waals surface area (Å²) in [6.45, 7) is 6.45. The van der Waals surface area contributed by atoms with Crippen molar-refractivity contribution in [2.75, 3.05) is 13.2 Å². The van der Waals surface area contributed by atoms with Gasteiger partial charge >= 0.3 is 0 Å². The Morgan fingerprint density at radius 1 is 1.20 bits per heavy atom. The second kappa shape index (κ2) is 16.6. The largest absolute Gasteiger partial charge is 0.397 e. The van der Waals surface area contributed by atoms with Gasteiger partial charge in [-0.1, -0.05) is 13.8 Å². The molecule has 2 nitrogen and oxygen atoms in total. The fraction of sp³-hybridized carbons (Fsp3) is 1.00. The first kappa shape index (κ1) is 17.3. The fourth-order valence-corrected chi connectivity index (χ4v) is 0.258. The van der Waals surface area contributed by atoms with Gasteiger partial charge in [0.05, 0.1) is 0 Å². The maximum absolute atomic E-state index is 8.24. The van der Waals surface area contributed by atoms with E-state index >= 15 is 0 Å². The maximum Gasteiger partial charge on any atom is 0.0433 e. The molecular weight excluding hydrogens is 283 g/mol. The maximum atomic E-state index is 8.24. The van der Waals surface area contributed by atoms with E-state index in [-0.39, 0.29) is 43.9 Å². The smallest absolute Gasteiger partial charge is 0.0433 e. The van der Waals surface area contributed by atoms with Gasteiger partial charge in [0, 0.05) is 50.5 Å². The van der Waals surface area contributed by atoms with Crippen molar-refractivity contribution in [3.05, 3.63) is 0 Å². The molecule has 0 aliphatic rings. The summed E-state index contributed by atoms with van der Waals surface area (Å²) >= 11 is 0. The third-order valence-corrected chi connectivity index (χ3v) is 0.706. The van der Waals surface area contributed by atoms with Crippen molar-refractivity contribution in [1.82, 2.24) is 0 Å². The van der Waals surface area contributed by atoms with Crippen LogP contribution in [0.25, 0.3) is 0 Å². The average Bonchev–Trinajstić information content (AvgIpc) is 1.67. The number of aliphatic hydroxyl groups is 2. The standard InChI is InChI=1S/C5H12O.C2H6O.Er/c1-5(2)3-4-6;1-2-3;/h5-6H,3-4H2,1-2H3;3H,2H2,1H3;. The molecule has 0 aromatic carbocycles. The Morgan fingerprint density at radius 3 is 1.50 bits per heavy atom. The van der Waals surface area contributed by atoms with E-state index in [4.69, 9.17) is 10.2 Å². The molecule has 2 N–H and O–H groups in total. The van der Waals surface area contributed by atoms with Gasteiger partial charge in [-0.25, -0.2) is 0 Å². The third-order valence-electron chi connectivity index (χ3n) is 0.706. The first-order valence-electron chi connectivity index (χ1n) is 3.40. The normalized spacial score (nSPS) is 7.80. The SMILES string of the molecule is CC(C)CCO.CCO.[Er]. The Balaban J connectivity index is -0.000000107. The minimum Gasteiger partial charge on any atom is -0.397 e. The van der Waals surface area contributed by atoms with Gasteiger partial charge < -0.3 is 10.2 Å². The van der Waals surface area contributed by atoms with Crippen LogP contribution in [0.3, 0.4) is 0 Å². The van der Waals surface area contributed by atoms with Crippen molar-refractivity contribution < 1.29 is 47.5 Å². The zero-order valence-electron chi connectivity index (χ0n) is 6.88. The van der Waals surface area contributed by atoms with Crippen LogP contribution in [-0.4, -0.2) is 23.4 Å². The molecule has 3 heteroatoms. The third kappa shape index (κ3) is 35.2. The van der Waals surface area contributed by atoms with E-state index in [1.165, 1.54) is 0 Å². The Labute approximate surface area is 93.2 Å². The molecule has 0 saturated heterocycles. The summed E-state index contributed by atoms with van der Waals surface area (Å²) < 4.78 is 0. The van der Waals surface area contributed by atoms with E-state index in [1.807, 2.05) is 0 Å². The van der Waals surface area contributed by atoms with Crippen LogP contribution in [0, 0.1) is 43.2 Å². The van der Waals surface area contributed by atoms with Gasteiger partial charge in [-0.05, 0) is 19.3 Å². The van der Waals surface area contributed by atoms with Gasteiger partial charge in [-0.3, -0.25) is 0 Å². The van der Waals surface area contributed by atoms with E-state index in [1.54, 1.807) is 6.92 Å². The predicted molar refractivity (Wildman–Crippen MR) is 39.3 cm³/mol. The van der Waals surface area contributed by atoms with Crippen LogP contribution >= 0.6 is 0 Å². The molecule has 0 aliphatic heterocycles. The Morgan fingerprint density at radius 2 is 1.50 bits per heavy atom. The second-order valence-electron chi connectivity index (χ2n) is 2.22. The van der Waals surface area contributed by atoms with E-state index in [2.05, 4.69) is 13.8 Å². The van der Waals surface area contributed by atoms with Crippen molar-refractivity contribution in [2.45, 2.75) is 27.2 Å². The van der Waals surface area contributed by atoms with Crippen LogP contribution in [0.1, 0.15) is 27.2 Å². The minimum atomic E-state index is 0. The van der Waals surface area contributed by atoms with Gasteiger partial charge in [0.25, 0.3) is 0 Å². The molecule has 10 heavy (non-hydrogen) atoms. The van der Waals surface area contributed by atoms with Crippen LogP contribution in [0.2, 0.25) is 0 Å². The quantitative estimate of drug-likeness (QED) is 0.799. The molecule has 0 atom stereocenters. The summed E-state index contributed by atoms with van der Waals surface area (Å²) in [4.78, 5) is 0. The van der Waals surface area contributed by atoms with Gasteiger partial charge in [-0.2, -0.15) is 0 Å². The summed E-state index contributed by atoms with van der Waals surface area (Å²) in [7, 11) is 0. The first-order valence-corrected chi connectivity index (χ1v) is 3.40. The summed E-state index contributed by atoms with van der Waals surface area (Å²) in [5.74, 6) is 0.648. The summed E-state index contributed by atoms with van der Waals surface area (Å²) in [6.07, 6.45) is 0.931. The van der Waals surface area contributed by atoms with Gasteiger partial charge in [-0.15, -0.1) is 0 Å². The van der Waals surface area contributed by atoms with Crippen LogP contribution in [0.5, 0.6) is 0 Å². The summed E-state index contributed by atoms with van der Waals surface area (Å²) in [5, 5.41) is 15.8. The monoisotopic (exact) mass is 300 g/mol. The van der Waals surface area contributed by atoms with Gasteiger partial charge in [0.15, 0.2) is 0 Å². The molecule has 0 radical (unpaired) electrons. The van der Waals surface area contributed by atoms with E-state index in [0.29, 0.717) is 12.5 Å². The number of hydrogen-bond acceptors (Lipinski definition) is 2. The van der Waals surface area contributed by atoms with Crippen molar-refractivity contribution in [2.24, 2.45) is 5.92 Å². The Hall–Kier alpha value is 1.17. The molecule has 0 fully saturated rings. The molecule has 0 heterocycles. The van der Waals surface area contributed by atoms with Crippen LogP contribution in [0.15, 0.2) is 0 Å². The second-order valence-corrected chi connectivity index (χ2v) is 2.22. The van der Waals surface area contributed by atoms with Crippen LogP contribution in [0.4, 0.5) is 0 Å². The molecule has 0 amide bonds. The molecule has 0 unspecified atom stereocenters. The van der Waals surface area contributed by atoms with Crippen LogP contribution in [-0.2, 0) is 0 Å². The topological polar surface area (TPSA) is 40.5 Å². The van der Waals surface area contributed by atoms with E-state index < -0.39 is 0 Å². The zero-order valence-corrected chi connectivity index (χ0v) is 8.73. The Kier molecular flexibility index (Phi) is 28.8. The average molecular weight is 301 g/mol. The number of rotatable bonds is 2. The molecule has 0 aliphatic carbocycles. The summed E-state index contributed by atoms with van der Waals surface area (Å²) in [5.41, 5.74) is 0. The molecule has 0 aromatic rings. The number of hydrogen-bond donors (Lipinski definition) is 2. The Bertz CT molecular complexity index is 40.6. The van der Waals surface area contributed by atoms with Crippen molar-refractivity contribution in [3.8, 4) is 0 Å². The van der Waals surface area contributed by atoms with E-state index in [0.717, 1.165) is 6.42 Å². The van der Waals surface area contributed by atoms with Crippen molar-refractivity contribution in [1.29, 1.82) is 0 Å². The molecule has 0 aromatic heterocycles. The first-order chi connectivity index (χ1) is 4.18. The van der Waals surface area contributed by atoms with Gasteiger partial charge in [0.2, 0.25) is 0 Å². The molecule has 0 spiro atoms. The molecule has 0 saturated carbocycles. The minimum absolute atomic E-state index is 0. The zero-order chi connectivity index (χ0) is 7.70. The molecular formula is C7H18ErO2. The van der Waals surface area contributed by atoms with Crippen LogP contribution < -0.4 is 0 Å². The van der Waals surface area contributed by atoms with Crippen molar-refractivity contribution in [3.63, 3.8) is 0 Å². The molecule has 70 valence electrons.